The van der Waals surface area contributed by atoms with E-state index in [-0.39, 0.29) is 0 Å². The van der Waals surface area contributed by atoms with Crippen LogP contribution in [0.25, 0.3) is 0 Å². The predicted molar refractivity (Wildman–Crippen MR) is 72.6 cm³/mol. The Hall–Kier alpha value is -0.410. The zero-order valence-corrected chi connectivity index (χ0v) is 11.5. The van der Waals surface area contributed by atoms with Gasteiger partial charge in [-0.3, -0.25) is 0 Å². The quantitative estimate of drug-likeness (QED) is 0.863. The average Bonchev–Trinajstić information content (AvgIpc) is 2.92. The molecule has 1 N–H and O–H groups in total. The van der Waals surface area contributed by atoms with Crippen molar-refractivity contribution in [1.29, 1.82) is 0 Å². The normalized spacial score (nSPS) is 21.2. The number of nitrogens with zero attached hydrogens (tertiary/aromatic N) is 1. The Morgan fingerprint density at radius 3 is 2.65 bits per heavy atom. The molecule has 3 rings (SSSR count). The van der Waals surface area contributed by atoms with Gasteiger partial charge in [0.25, 0.3) is 0 Å². The van der Waals surface area contributed by atoms with Crippen molar-refractivity contribution < 1.29 is 0 Å². The summed E-state index contributed by atoms with van der Waals surface area (Å²) in [4.78, 5) is 6.34. The fraction of sp³-hybridized carbons (Fsp3) is 0.786. The number of rotatable bonds is 5. The van der Waals surface area contributed by atoms with Crippen LogP contribution in [-0.4, -0.2) is 11.0 Å². The van der Waals surface area contributed by atoms with Gasteiger partial charge in [-0.1, -0.05) is 19.8 Å². The van der Waals surface area contributed by atoms with E-state index in [1.807, 2.05) is 11.3 Å². The van der Waals surface area contributed by atoms with Gasteiger partial charge < -0.3 is 5.32 Å². The lowest BCUT2D eigenvalue weighted by molar-refractivity contribution is 0.525. The molecule has 2 fully saturated rings. The van der Waals surface area contributed by atoms with Crippen LogP contribution in [0.2, 0.25) is 0 Å². The van der Waals surface area contributed by atoms with Crippen molar-refractivity contribution in [2.45, 2.75) is 70.4 Å². The van der Waals surface area contributed by atoms with Crippen molar-refractivity contribution in [2.24, 2.45) is 0 Å². The van der Waals surface area contributed by atoms with E-state index >= 15 is 0 Å². The molecule has 0 saturated heterocycles. The first-order valence-electron chi connectivity index (χ1n) is 7.08. The Bertz CT molecular complexity index is 376. The maximum absolute atomic E-state index is 4.81. The largest absolute Gasteiger partial charge is 0.309 e. The molecule has 0 atom stereocenters. The molecule has 1 aromatic heterocycles. The van der Waals surface area contributed by atoms with Gasteiger partial charge in [-0.25, -0.2) is 4.98 Å². The number of nitrogens with one attached hydrogen (secondary N) is 1. The van der Waals surface area contributed by atoms with Gasteiger partial charge in [0, 0.05) is 23.4 Å². The van der Waals surface area contributed by atoms with Crippen LogP contribution >= 0.6 is 11.3 Å². The summed E-state index contributed by atoms with van der Waals surface area (Å²) in [5.41, 5.74) is 1.43. The number of thiazole rings is 1. The highest BCUT2D eigenvalue weighted by Crippen LogP contribution is 2.42. The first-order chi connectivity index (χ1) is 8.36. The Kier molecular flexibility index (Phi) is 3.48. The summed E-state index contributed by atoms with van der Waals surface area (Å²) < 4.78 is 0. The van der Waals surface area contributed by atoms with Gasteiger partial charge in [0.2, 0.25) is 0 Å². The van der Waals surface area contributed by atoms with Gasteiger partial charge in [0.1, 0.15) is 0 Å². The molecule has 0 radical (unpaired) electrons. The molecule has 0 spiro atoms. The minimum atomic E-state index is 0.772. The topological polar surface area (TPSA) is 24.9 Å². The fourth-order valence-corrected chi connectivity index (χ4v) is 3.78. The van der Waals surface area contributed by atoms with Gasteiger partial charge in [-0.05, 0) is 32.1 Å². The van der Waals surface area contributed by atoms with Crippen LogP contribution in [-0.2, 0) is 13.0 Å². The van der Waals surface area contributed by atoms with Gasteiger partial charge in [0.15, 0.2) is 0 Å². The van der Waals surface area contributed by atoms with Gasteiger partial charge in [-0.15, -0.1) is 11.3 Å². The third-order valence-electron chi connectivity index (χ3n) is 3.94. The summed E-state index contributed by atoms with van der Waals surface area (Å²) in [6, 6.07) is 0.772. The first-order valence-corrected chi connectivity index (χ1v) is 7.90. The van der Waals surface area contributed by atoms with E-state index in [1.165, 1.54) is 54.1 Å². The second-order valence-corrected chi connectivity index (χ2v) is 6.57. The van der Waals surface area contributed by atoms with Crippen molar-refractivity contribution in [3.8, 4) is 0 Å². The summed E-state index contributed by atoms with van der Waals surface area (Å²) in [5.74, 6) is 0.798. The lowest BCUT2D eigenvalue weighted by atomic mass is 10.2. The minimum absolute atomic E-state index is 0.772. The maximum atomic E-state index is 4.81. The van der Waals surface area contributed by atoms with E-state index in [0.29, 0.717) is 0 Å². The van der Waals surface area contributed by atoms with Crippen LogP contribution in [0.5, 0.6) is 0 Å². The lowest BCUT2D eigenvalue weighted by Crippen LogP contribution is -2.25. The lowest BCUT2D eigenvalue weighted by Gasteiger charge is -2.11. The molecule has 3 heteroatoms. The van der Waals surface area contributed by atoms with Gasteiger partial charge in [0.05, 0.1) is 10.7 Å². The van der Waals surface area contributed by atoms with Crippen LogP contribution in [0.1, 0.15) is 66.9 Å². The molecule has 1 aromatic rings. The fourth-order valence-electron chi connectivity index (χ4n) is 2.73. The molecule has 2 saturated carbocycles. The van der Waals surface area contributed by atoms with Crippen LogP contribution in [0, 0.1) is 0 Å². The molecule has 2 nitrogen and oxygen atoms in total. The molecular formula is C14H22N2S. The smallest absolute Gasteiger partial charge is 0.0929 e. The number of hydrogen-bond donors (Lipinski definition) is 1. The van der Waals surface area contributed by atoms with Gasteiger partial charge in [-0.2, -0.15) is 0 Å². The summed E-state index contributed by atoms with van der Waals surface area (Å²) in [7, 11) is 0. The van der Waals surface area contributed by atoms with Crippen molar-refractivity contribution in [3.63, 3.8) is 0 Å². The van der Waals surface area contributed by atoms with Crippen LogP contribution < -0.4 is 5.32 Å². The summed E-state index contributed by atoms with van der Waals surface area (Å²) in [5, 5.41) is 5.06. The van der Waals surface area contributed by atoms with Crippen molar-refractivity contribution in [1.82, 2.24) is 10.3 Å². The van der Waals surface area contributed by atoms with Crippen molar-refractivity contribution >= 4 is 11.3 Å². The molecule has 2 aliphatic rings. The highest BCUT2D eigenvalue weighted by Gasteiger charge is 2.29. The molecule has 0 unspecified atom stereocenters. The van der Waals surface area contributed by atoms with E-state index < -0.39 is 0 Å². The zero-order chi connectivity index (χ0) is 11.7. The van der Waals surface area contributed by atoms with E-state index in [0.717, 1.165) is 24.9 Å². The highest BCUT2D eigenvalue weighted by molar-refractivity contribution is 7.11. The second kappa shape index (κ2) is 5.07. The van der Waals surface area contributed by atoms with E-state index in [9.17, 15) is 0 Å². The van der Waals surface area contributed by atoms with E-state index in [4.69, 9.17) is 4.98 Å². The van der Waals surface area contributed by atoms with Crippen LogP contribution in [0.3, 0.4) is 0 Å². The monoisotopic (exact) mass is 250 g/mol. The molecule has 0 bridgehead atoms. The second-order valence-electron chi connectivity index (χ2n) is 5.41. The minimum Gasteiger partial charge on any atom is -0.309 e. The molecule has 1 heterocycles. The maximum Gasteiger partial charge on any atom is 0.0929 e. The van der Waals surface area contributed by atoms with Crippen LogP contribution in [0.4, 0.5) is 0 Å². The Balaban J connectivity index is 1.65. The van der Waals surface area contributed by atoms with E-state index in [2.05, 4.69) is 12.2 Å². The summed E-state index contributed by atoms with van der Waals surface area (Å²) in [6.07, 6.45) is 9.39. The average molecular weight is 250 g/mol. The third-order valence-corrected chi connectivity index (χ3v) is 5.16. The molecule has 17 heavy (non-hydrogen) atoms. The van der Waals surface area contributed by atoms with Crippen molar-refractivity contribution in [2.75, 3.05) is 0 Å². The molecular weight excluding hydrogens is 228 g/mol. The molecule has 94 valence electrons. The van der Waals surface area contributed by atoms with Crippen molar-refractivity contribution in [3.05, 3.63) is 15.6 Å². The van der Waals surface area contributed by atoms with Gasteiger partial charge >= 0.3 is 0 Å². The Morgan fingerprint density at radius 1 is 1.24 bits per heavy atom. The highest BCUT2D eigenvalue weighted by atomic mass is 32.1. The first kappa shape index (κ1) is 11.7. The number of aryl methyl sites for hydroxylation is 1. The SMILES string of the molecule is CCc1nc(C2CC2)c(CNC2CCCC2)s1. The Morgan fingerprint density at radius 2 is 2.00 bits per heavy atom. The number of aromatic nitrogens is 1. The Labute approximate surface area is 108 Å². The predicted octanol–water partition coefficient (Wildman–Crippen LogP) is 3.62. The number of hydrogen-bond acceptors (Lipinski definition) is 3. The molecule has 0 aromatic carbocycles. The standard InChI is InChI=1S/C14H22N2S/c1-2-13-16-14(10-7-8-10)12(17-13)9-15-11-5-3-4-6-11/h10-11,15H,2-9H2,1H3. The molecule has 2 aliphatic carbocycles. The molecule has 0 aliphatic heterocycles. The zero-order valence-electron chi connectivity index (χ0n) is 10.7. The summed E-state index contributed by atoms with van der Waals surface area (Å²) in [6.45, 7) is 3.28. The van der Waals surface area contributed by atoms with Crippen LogP contribution in [0.15, 0.2) is 0 Å². The molecule has 0 amide bonds. The third kappa shape index (κ3) is 2.71. The summed E-state index contributed by atoms with van der Waals surface area (Å²) >= 11 is 1.94. The van der Waals surface area contributed by atoms with E-state index in [1.54, 1.807) is 0 Å².